The molecule has 0 aliphatic rings. The molecule has 0 fully saturated rings. The maximum Gasteiger partial charge on any atom is 0.120 e. The molecule has 0 saturated carbocycles. The lowest BCUT2D eigenvalue weighted by molar-refractivity contribution is 0.275. The third-order valence-electron chi connectivity index (χ3n) is 1.83. The van der Waals surface area contributed by atoms with E-state index in [1.54, 1.807) is 12.1 Å². The molecule has 1 rings (SSSR count). The molecule has 0 aliphatic carbocycles. The van der Waals surface area contributed by atoms with Gasteiger partial charge in [-0.2, -0.15) is 0 Å². The Morgan fingerprint density at radius 3 is 2.77 bits per heavy atom. The van der Waals surface area contributed by atoms with Crippen LogP contribution in [0.4, 0.5) is 0 Å². The lowest BCUT2D eigenvalue weighted by atomic mass is 10.0. The van der Waals surface area contributed by atoms with E-state index >= 15 is 0 Å². The van der Waals surface area contributed by atoms with Crippen LogP contribution in [-0.4, -0.2) is 16.8 Å². The molecule has 3 nitrogen and oxygen atoms in total. The molecule has 1 aromatic carbocycles. The summed E-state index contributed by atoms with van der Waals surface area (Å²) in [5, 5.41) is 18.6. The van der Waals surface area contributed by atoms with Crippen molar-refractivity contribution in [1.29, 1.82) is 0 Å². The summed E-state index contributed by atoms with van der Waals surface area (Å²) < 4.78 is 0. The molecule has 0 aliphatic heterocycles. The van der Waals surface area contributed by atoms with Crippen LogP contribution in [0, 0.1) is 0 Å². The number of benzene rings is 1. The van der Waals surface area contributed by atoms with Crippen molar-refractivity contribution < 1.29 is 10.2 Å². The summed E-state index contributed by atoms with van der Waals surface area (Å²) in [5.41, 5.74) is 6.27. The molecule has 0 radical (unpaired) electrons. The van der Waals surface area contributed by atoms with E-state index in [0.29, 0.717) is 17.0 Å². The number of aromatic hydroxyl groups is 1. The van der Waals surface area contributed by atoms with E-state index in [4.69, 9.17) is 22.4 Å². The fraction of sp³-hybridized carbons (Fsp3) is 0.333. The van der Waals surface area contributed by atoms with E-state index in [0.717, 1.165) is 0 Å². The average Bonchev–Trinajstić information content (AvgIpc) is 2.09. The molecule has 0 amide bonds. The van der Waals surface area contributed by atoms with Crippen LogP contribution >= 0.6 is 11.6 Å². The topological polar surface area (TPSA) is 66.5 Å². The van der Waals surface area contributed by atoms with Crippen LogP contribution in [0.5, 0.6) is 5.75 Å². The molecule has 0 saturated heterocycles. The predicted molar refractivity (Wildman–Crippen MR) is 51.7 cm³/mol. The van der Waals surface area contributed by atoms with Crippen LogP contribution in [0.25, 0.3) is 0 Å². The molecule has 0 bridgehead atoms. The minimum atomic E-state index is -0.372. The van der Waals surface area contributed by atoms with Gasteiger partial charge in [-0.05, 0) is 24.6 Å². The summed E-state index contributed by atoms with van der Waals surface area (Å²) in [5.74, 6) is 0.116. The Morgan fingerprint density at radius 1 is 1.46 bits per heavy atom. The van der Waals surface area contributed by atoms with Crippen LogP contribution in [-0.2, 0) is 0 Å². The summed E-state index contributed by atoms with van der Waals surface area (Å²) in [6.07, 6.45) is 0.411. The van der Waals surface area contributed by atoms with Crippen LogP contribution < -0.4 is 5.73 Å². The number of aliphatic hydroxyl groups is 1. The van der Waals surface area contributed by atoms with E-state index in [2.05, 4.69) is 0 Å². The zero-order valence-electron chi connectivity index (χ0n) is 7.07. The Hall–Kier alpha value is -0.770. The normalized spacial score (nSPS) is 12.8. The highest BCUT2D eigenvalue weighted by molar-refractivity contribution is 6.30. The quantitative estimate of drug-likeness (QED) is 0.693. The monoisotopic (exact) mass is 201 g/mol. The Bertz CT molecular complexity index is 291. The van der Waals surface area contributed by atoms with Gasteiger partial charge in [-0.1, -0.05) is 11.6 Å². The highest BCUT2D eigenvalue weighted by Gasteiger charge is 2.10. The van der Waals surface area contributed by atoms with E-state index in [1.807, 2.05) is 0 Å². The molecule has 4 heteroatoms. The van der Waals surface area contributed by atoms with Gasteiger partial charge in [0, 0.05) is 23.2 Å². The summed E-state index contributed by atoms with van der Waals surface area (Å²) in [4.78, 5) is 0. The highest BCUT2D eigenvalue weighted by Crippen LogP contribution is 2.27. The fourth-order valence-corrected chi connectivity index (χ4v) is 1.30. The minimum absolute atomic E-state index is 0.00683. The Labute approximate surface area is 81.8 Å². The Kier molecular flexibility index (Phi) is 3.54. The smallest absolute Gasteiger partial charge is 0.120 e. The minimum Gasteiger partial charge on any atom is -0.508 e. The van der Waals surface area contributed by atoms with Gasteiger partial charge in [0.15, 0.2) is 0 Å². The van der Waals surface area contributed by atoms with E-state index in [1.165, 1.54) is 6.07 Å². The van der Waals surface area contributed by atoms with Gasteiger partial charge in [0.05, 0.1) is 0 Å². The lowest BCUT2D eigenvalue weighted by Crippen LogP contribution is -2.11. The molecule has 1 atom stereocenters. The molecule has 4 N–H and O–H groups in total. The Morgan fingerprint density at radius 2 is 2.15 bits per heavy atom. The first-order chi connectivity index (χ1) is 6.15. The molecular formula is C9H12ClNO2. The molecule has 72 valence electrons. The van der Waals surface area contributed by atoms with Crippen molar-refractivity contribution in [2.24, 2.45) is 5.73 Å². The maximum absolute atomic E-state index is 9.41. The van der Waals surface area contributed by atoms with Crippen molar-refractivity contribution in [2.75, 3.05) is 6.61 Å². The van der Waals surface area contributed by atoms with Crippen molar-refractivity contribution in [2.45, 2.75) is 12.5 Å². The molecule has 0 spiro atoms. The number of nitrogens with two attached hydrogens (primary N) is 1. The van der Waals surface area contributed by atoms with Gasteiger partial charge in [-0.25, -0.2) is 0 Å². The molecule has 0 unspecified atom stereocenters. The van der Waals surface area contributed by atoms with Crippen LogP contribution in [0.2, 0.25) is 5.02 Å². The van der Waals surface area contributed by atoms with Gasteiger partial charge >= 0.3 is 0 Å². The number of phenolic OH excluding ortho intramolecular Hbond substituents is 1. The lowest BCUT2D eigenvalue weighted by Gasteiger charge is -2.12. The van der Waals surface area contributed by atoms with Gasteiger partial charge in [0.2, 0.25) is 0 Å². The zero-order chi connectivity index (χ0) is 9.84. The third kappa shape index (κ3) is 2.59. The number of rotatable bonds is 3. The van der Waals surface area contributed by atoms with Gasteiger partial charge < -0.3 is 15.9 Å². The second-order valence-corrected chi connectivity index (χ2v) is 3.26. The van der Waals surface area contributed by atoms with Crippen LogP contribution in [0.15, 0.2) is 18.2 Å². The maximum atomic E-state index is 9.41. The molecular weight excluding hydrogens is 190 g/mol. The largest absolute Gasteiger partial charge is 0.508 e. The molecule has 1 aromatic rings. The SMILES string of the molecule is N[C@@H](CCO)c1cc(Cl)ccc1O. The van der Waals surface area contributed by atoms with Crippen molar-refractivity contribution >= 4 is 11.6 Å². The van der Waals surface area contributed by atoms with E-state index in [9.17, 15) is 5.11 Å². The number of aliphatic hydroxyl groups excluding tert-OH is 1. The molecule has 0 heterocycles. The van der Waals surface area contributed by atoms with Crippen LogP contribution in [0.3, 0.4) is 0 Å². The van der Waals surface area contributed by atoms with Crippen molar-refractivity contribution in [3.8, 4) is 5.75 Å². The van der Waals surface area contributed by atoms with Crippen molar-refractivity contribution in [3.05, 3.63) is 28.8 Å². The van der Waals surface area contributed by atoms with Crippen molar-refractivity contribution in [3.63, 3.8) is 0 Å². The first-order valence-corrected chi connectivity index (χ1v) is 4.38. The fourth-order valence-electron chi connectivity index (χ4n) is 1.12. The van der Waals surface area contributed by atoms with Gasteiger partial charge in [0.25, 0.3) is 0 Å². The van der Waals surface area contributed by atoms with Crippen molar-refractivity contribution in [1.82, 2.24) is 0 Å². The first kappa shape index (κ1) is 10.3. The summed E-state index contributed by atoms with van der Waals surface area (Å²) in [7, 11) is 0. The highest BCUT2D eigenvalue weighted by atomic mass is 35.5. The van der Waals surface area contributed by atoms with Gasteiger partial charge in [-0.3, -0.25) is 0 Å². The number of hydrogen-bond acceptors (Lipinski definition) is 3. The number of phenols is 1. The van der Waals surface area contributed by atoms with Gasteiger partial charge in [-0.15, -0.1) is 0 Å². The van der Waals surface area contributed by atoms with E-state index in [-0.39, 0.29) is 18.4 Å². The standard InChI is InChI=1S/C9H12ClNO2/c10-6-1-2-9(13)7(5-6)8(11)3-4-12/h1-2,5,8,12-13H,3-4,11H2/t8-/m0/s1. The third-order valence-corrected chi connectivity index (χ3v) is 2.06. The molecule has 13 heavy (non-hydrogen) atoms. The second-order valence-electron chi connectivity index (χ2n) is 2.82. The number of halogens is 1. The average molecular weight is 202 g/mol. The number of hydrogen-bond donors (Lipinski definition) is 3. The predicted octanol–water partition coefficient (Wildman–Crippen LogP) is 1.43. The second kappa shape index (κ2) is 4.46. The molecule has 0 aromatic heterocycles. The Balaban J connectivity index is 2.91. The summed E-state index contributed by atoms with van der Waals surface area (Å²) in [6, 6.07) is 4.32. The first-order valence-electron chi connectivity index (χ1n) is 4.00. The van der Waals surface area contributed by atoms with Gasteiger partial charge in [0.1, 0.15) is 5.75 Å². The van der Waals surface area contributed by atoms with Crippen LogP contribution in [0.1, 0.15) is 18.0 Å². The zero-order valence-corrected chi connectivity index (χ0v) is 7.83. The summed E-state index contributed by atoms with van der Waals surface area (Å²) >= 11 is 5.73. The van der Waals surface area contributed by atoms with E-state index < -0.39 is 0 Å². The summed E-state index contributed by atoms with van der Waals surface area (Å²) in [6.45, 7) is -0.00683.